The fourth-order valence-corrected chi connectivity index (χ4v) is 3.11. The summed E-state index contributed by atoms with van der Waals surface area (Å²) in [5, 5.41) is 0. The SMILES string of the molecule is COc1cc(C2=N/C(=C\c3ccc(-c4ccccc4F)o3)C(=O)O2)cc(OC)c1OC. The summed E-state index contributed by atoms with van der Waals surface area (Å²) >= 11 is 0. The number of benzene rings is 2. The predicted molar refractivity (Wildman–Crippen MR) is 111 cm³/mol. The molecule has 0 spiro atoms. The number of nitrogens with zero attached hydrogens (tertiary/aromatic N) is 1. The van der Waals surface area contributed by atoms with E-state index in [-0.39, 0.29) is 11.6 Å². The molecule has 0 fully saturated rings. The normalized spacial score (nSPS) is 14.4. The van der Waals surface area contributed by atoms with E-state index in [1.54, 1.807) is 42.5 Å². The van der Waals surface area contributed by atoms with Gasteiger partial charge in [0, 0.05) is 11.6 Å². The highest BCUT2D eigenvalue weighted by Crippen LogP contribution is 2.39. The highest BCUT2D eigenvalue weighted by molar-refractivity contribution is 6.13. The number of halogens is 1. The van der Waals surface area contributed by atoms with Crippen LogP contribution in [0.25, 0.3) is 17.4 Å². The average molecular weight is 423 g/mol. The van der Waals surface area contributed by atoms with Crippen LogP contribution < -0.4 is 14.2 Å². The number of carbonyl (C=O) groups is 1. The summed E-state index contributed by atoms with van der Waals surface area (Å²) in [6, 6.07) is 12.7. The Hall–Kier alpha value is -4.07. The fourth-order valence-electron chi connectivity index (χ4n) is 3.11. The molecular weight excluding hydrogens is 405 g/mol. The van der Waals surface area contributed by atoms with E-state index in [1.807, 2.05) is 0 Å². The molecule has 0 aliphatic carbocycles. The lowest BCUT2D eigenvalue weighted by Gasteiger charge is -2.13. The van der Waals surface area contributed by atoms with Crippen molar-refractivity contribution >= 4 is 17.9 Å². The number of esters is 1. The van der Waals surface area contributed by atoms with Gasteiger partial charge in [0.2, 0.25) is 11.6 Å². The predicted octanol–water partition coefficient (Wildman–Crippen LogP) is 4.46. The van der Waals surface area contributed by atoms with Crippen LogP contribution in [0.4, 0.5) is 4.39 Å². The van der Waals surface area contributed by atoms with Gasteiger partial charge in [-0.3, -0.25) is 0 Å². The van der Waals surface area contributed by atoms with Crippen LogP contribution in [0.1, 0.15) is 11.3 Å². The zero-order valence-electron chi connectivity index (χ0n) is 17.0. The first kappa shape index (κ1) is 20.2. The number of methoxy groups -OCH3 is 3. The maximum absolute atomic E-state index is 14.0. The van der Waals surface area contributed by atoms with E-state index >= 15 is 0 Å². The molecule has 2 aromatic carbocycles. The van der Waals surface area contributed by atoms with Gasteiger partial charge in [-0.15, -0.1) is 0 Å². The Bertz CT molecular complexity index is 1190. The van der Waals surface area contributed by atoms with Crippen molar-refractivity contribution in [2.75, 3.05) is 21.3 Å². The van der Waals surface area contributed by atoms with E-state index in [2.05, 4.69) is 4.99 Å². The molecule has 0 amide bonds. The summed E-state index contributed by atoms with van der Waals surface area (Å²) in [7, 11) is 4.46. The van der Waals surface area contributed by atoms with Gasteiger partial charge in [-0.2, -0.15) is 0 Å². The molecule has 0 saturated heterocycles. The molecule has 7 nitrogen and oxygen atoms in total. The second kappa shape index (κ2) is 8.35. The maximum Gasteiger partial charge on any atom is 0.363 e. The summed E-state index contributed by atoms with van der Waals surface area (Å²) in [6.07, 6.45) is 1.43. The third-order valence-corrected chi connectivity index (χ3v) is 4.58. The quantitative estimate of drug-likeness (QED) is 0.430. The second-order valence-corrected chi connectivity index (χ2v) is 6.43. The molecule has 8 heteroatoms. The van der Waals surface area contributed by atoms with Crippen molar-refractivity contribution in [3.05, 3.63) is 71.4 Å². The van der Waals surface area contributed by atoms with E-state index < -0.39 is 11.8 Å². The smallest absolute Gasteiger partial charge is 0.363 e. The summed E-state index contributed by atoms with van der Waals surface area (Å²) in [5.74, 6) is 0.904. The Kier molecular flexibility index (Phi) is 5.44. The standard InChI is InChI=1S/C23H18FNO6/c1-27-19-10-13(11-20(28-2)21(19)29-3)22-25-17(23(26)31-22)12-14-8-9-18(30-14)15-6-4-5-7-16(15)24/h4-12H,1-3H3/b17-12-. The van der Waals surface area contributed by atoms with Gasteiger partial charge < -0.3 is 23.4 Å². The maximum atomic E-state index is 14.0. The third kappa shape index (κ3) is 3.87. The number of cyclic esters (lactones) is 1. The molecule has 0 saturated carbocycles. The fraction of sp³-hybridized carbons (Fsp3) is 0.130. The largest absolute Gasteiger partial charge is 0.493 e. The molecule has 4 rings (SSSR count). The molecule has 0 bridgehead atoms. The molecule has 3 aromatic rings. The summed E-state index contributed by atoms with van der Waals surface area (Å²) < 4.78 is 40.9. The van der Waals surface area contributed by atoms with E-state index in [9.17, 15) is 9.18 Å². The second-order valence-electron chi connectivity index (χ2n) is 6.43. The van der Waals surface area contributed by atoms with Gasteiger partial charge in [-0.1, -0.05) is 12.1 Å². The molecular formula is C23H18FNO6. The Balaban J connectivity index is 1.67. The lowest BCUT2D eigenvalue weighted by molar-refractivity contribution is -0.129. The van der Waals surface area contributed by atoms with E-state index in [1.165, 1.54) is 33.5 Å². The van der Waals surface area contributed by atoms with Crippen LogP contribution >= 0.6 is 0 Å². The first-order chi connectivity index (χ1) is 15.0. The van der Waals surface area contributed by atoms with E-state index in [0.717, 1.165) is 0 Å². The molecule has 1 aromatic heterocycles. The summed E-state index contributed by atoms with van der Waals surface area (Å²) in [6.45, 7) is 0. The van der Waals surface area contributed by atoms with Gasteiger partial charge in [-0.05, 0) is 36.4 Å². The first-order valence-corrected chi connectivity index (χ1v) is 9.21. The zero-order chi connectivity index (χ0) is 22.0. The minimum absolute atomic E-state index is 0.0400. The molecule has 1 aliphatic heterocycles. The van der Waals surface area contributed by atoms with Gasteiger partial charge in [0.15, 0.2) is 17.2 Å². The Morgan fingerprint density at radius 3 is 2.32 bits per heavy atom. The number of rotatable bonds is 6. The Morgan fingerprint density at radius 2 is 1.68 bits per heavy atom. The van der Waals surface area contributed by atoms with Crippen molar-refractivity contribution in [3.8, 4) is 28.6 Å². The van der Waals surface area contributed by atoms with Crippen molar-refractivity contribution in [1.82, 2.24) is 0 Å². The van der Waals surface area contributed by atoms with Gasteiger partial charge >= 0.3 is 5.97 Å². The van der Waals surface area contributed by atoms with Crippen molar-refractivity contribution in [2.45, 2.75) is 0 Å². The molecule has 0 unspecified atom stereocenters. The van der Waals surface area contributed by atoms with E-state index in [4.69, 9.17) is 23.4 Å². The number of furan rings is 1. The lowest BCUT2D eigenvalue weighted by Crippen LogP contribution is -2.06. The third-order valence-electron chi connectivity index (χ3n) is 4.58. The highest BCUT2D eigenvalue weighted by atomic mass is 19.1. The number of ether oxygens (including phenoxy) is 4. The molecule has 1 aliphatic rings. The molecule has 158 valence electrons. The summed E-state index contributed by atoms with van der Waals surface area (Å²) in [5.41, 5.74) is 0.832. The van der Waals surface area contributed by atoms with Gasteiger partial charge in [-0.25, -0.2) is 14.2 Å². The van der Waals surface area contributed by atoms with Crippen molar-refractivity contribution in [2.24, 2.45) is 4.99 Å². The average Bonchev–Trinajstić information content (AvgIpc) is 3.40. The van der Waals surface area contributed by atoms with Gasteiger partial charge in [0.25, 0.3) is 0 Å². The number of hydrogen-bond donors (Lipinski definition) is 0. The number of aliphatic imine (C=N–C) groups is 1. The molecule has 2 heterocycles. The van der Waals surface area contributed by atoms with Crippen LogP contribution in [0.15, 0.2) is 63.6 Å². The first-order valence-electron chi connectivity index (χ1n) is 9.21. The van der Waals surface area contributed by atoms with Crippen LogP contribution in [-0.4, -0.2) is 33.2 Å². The van der Waals surface area contributed by atoms with Crippen LogP contribution in [0.3, 0.4) is 0 Å². The Morgan fingerprint density at radius 1 is 0.968 bits per heavy atom. The number of carbonyl (C=O) groups excluding carboxylic acids is 1. The van der Waals surface area contributed by atoms with Crippen molar-refractivity contribution < 1.29 is 32.5 Å². The van der Waals surface area contributed by atoms with Crippen LogP contribution in [0.5, 0.6) is 17.2 Å². The Labute approximate surface area is 177 Å². The van der Waals surface area contributed by atoms with Crippen molar-refractivity contribution in [3.63, 3.8) is 0 Å². The molecule has 0 atom stereocenters. The van der Waals surface area contributed by atoms with Gasteiger partial charge in [0.1, 0.15) is 17.3 Å². The minimum Gasteiger partial charge on any atom is -0.493 e. The lowest BCUT2D eigenvalue weighted by atomic mass is 10.1. The minimum atomic E-state index is -0.646. The zero-order valence-corrected chi connectivity index (χ0v) is 17.0. The van der Waals surface area contributed by atoms with E-state index in [0.29, 0.717) is 39.9 Å². The monoisotopic (exact) mass is 423 g/mol. The molecule has 0 N–H and O–H groups in total. The highest BCUT2D eigenvalue weighted by Gasteiger charge is 2.27. The van der Waals surface area contributed by atoms with Crippen LogP contribution in [0.2, 0.25) is 0 Å². The topological polar surface area (TPSA) is 79.5 Å². The van der Waals surface area contributed by atoms with Gasteiger partial charge in [0.05, 0.1) is 26.9 Å². The molecule has 31 heavy (non-hydrogen) atoms. The number of hydrogen-bond acceptors (Lipinski definition) is 7. The molecule has 0 radical (unpaired) electrons. The van der Waals surface area contributed by atoms with Crippen LogP contribution in [-0.2, 0) is 9.53 Å². The van der Waals surface area contributed by atoms with Crippen molar-refractivity contribution in [1.29, 1.82) is 0 Å². The van der Waals surface area contributed by atoms with Crippen LogP contribution in [0, 0.1) is 5.82 Å². The summed E-state index contributed by atoms with van der Waals surface area (Å²) in [4.78, 5) is 16.6.